The van der Waals surface area contributed by atoms with Gasteiger partial charge in [-0.25, -0.2) is 4.79 Å². The van der Waals surface area contributed by atoms with Gasteiger partial charge in [-0.3, -0.25) is 0 Å². The van der Waals surface area contributed by atoms with Crippen molar-refractivity contribution in [1.29, 1.82) is 5.26 Å². The number of esters is 1. The van der Waals surface area contributed by atoms with Crippen molar-refractivity contribution >= 4 is 12.0 Å². The Bertz CT molecular complexity index is 469. The summed E-state index contributed by atoms with van der Waals surface area (Å²) < 4.78 is 9.85. The van der Waals surface area contributed by atoms with Crippen molar-refractivity contribution < 1.29 is 14.3 Å². The van der Waals surface area contributed by atoms with Gasteiger partial charge in [0.2, 0.25) is 0 Å². The largest absolute Gasteiger partial charge is 0.459 e. The number of epoxide rings is 1. The monoisotopic (exact) mass is 229 g/mol. The third-order valence-electron chi connectivity index (χ3n) is 2.25. The zero-order valence-corrected chi connectivity index (χ0v) is 9.13. The minimum Gasteiger partial charge on any atom is -0.459 e. The number of carbonyl (C=O) groups excluding carboxylic acids is 1. The molecular formula is C13H11NO3. The standard InChI is InChI=1S/C13H11NO3/c14-7-11(6-10-4-2-1-3-5-10)13(15)17-9-12-8-16-12/h1-6,12H,8-9H2/b11-6+. The predicted molar refractivity (Wildman–Crippen MR) is 60.7 cm³/mol. The fourth-order valence-corrected chi connectivity index (χ4v) is 1.26. The first-order chi connectivity index (χ1) is 8.29. The van der Waals surface area contributed by atoms with Crippen LogP contribution in [0.15, 0.2) is 35.9 Å². The number of carbonyl (C=O) groups is 1. The first kappa shape index (κ1) is 11.4. The summed E-state index contributed by atoms with van der Waals surface area (Å²) in [5.74, 6) is -0.605. The fraction of sp³-hybridized carbons (Fsp3) is 0.231. The Morgan fingerprint density at radius 1 is 1.53 bits per heavy atom. The Balaban J connectivity index is 2.02. The number of nitriles is 1. The Hall–Kier alpha value is -2.12. The van der Waals surface area contributed by atoms with Crippen molar-refractivity contribution in [1.82, 2.24) is 0 Å². The van der Waals surface area contributed by atoms with E-state index in [-0.39, 0.29) is 18.3 Å². The van der Waals surface area contributed by atoms with Crippen LogP contribution in [0, 0.1) is 11.3 Å². The van der Waals surface area contributed by atoms with Gasteiger partial charge < -0.3 is 9.47 Å². The molecule has 0 radical (unpaired) electrons. The third-order valence-corrected chi connectivity index (χ3v) is 2.25. The number of benzene rings is 1. The molecule has 0 amide bonds. The maximum Gasteiger partial charge on any atom is 0.348 e. The van der Waals surface area contributed by atoms with Gasteiger partial charge in [-0.1, -0.05) is 30.3 Å². The molecule has 4 nitrogen and oxygen atoms in total. The molecule has 1 aromatic carbocycles. The maximum atomic E-state index is 11.5. The van der Waals surface area contributed by atoms with Gasteiger partial charge in [0.15, 0.2) is 0 Å². The normalized spacial score (nSPS) is 18.3. The molecule has 1 aliphatic heterocycles. The van der Waals surface area contributed by atoms with Gasteiger partial charge in [0.1, 0.15) is 24.4 Å². The summed E-state index contributed by atoms with van der Waals surface area (Å²) in [5.41, 5.74) is 0.792. The Morgan fingerprint density at radius 2 is 2.24 bits per heavy atom. The van der Waals surface area contributed by atoms with Gasteiger partial charge in [0, 0.05) is 0 Å². The topological polar surface area (TPSA) is 62.6 Å². The molecule has 1 saturated heterocycles. The summed E-state index contributed by atoms with van der Waals surface area (Å²) in [4.78, 5) is 11.5. The molecular weight excluding hydrogens is 218 g/mol. The van der Waals surface area contributed by atoms with Gasteiger partial charge in [0.05, 0.1) is 6.61 Å². The lowest BCUT2D eigenvalue weighted by Crippen LogP contribution is -2.11. The van der Waals surface area contributed by atoms with E-state index in [1.807, 2.05) is 36.4 Å². The Labute approximate surface area is 99.1 Å². The number of hydrogen-bond acceptors (Lipinski definition) is 4. The summed E-state index contributed by atoms with van der Waals surface area (Å²) in [6.07, 6.45) is 1.52. The maximum absolute atomic E-state index is 11.5. The van der Waals surface area contributed by atoms with Crippen molar-refractivity contribution in [2.24, 2.45) is 0 Å². The van der Waals surface area contributed by atoms with E-state index in [1.165, 1.54) is 6.08 Å². The third kappa shape index (κ3) is 3.44. The molecule has 0 N–H and O–H groups in total. The zero-order chi connectivity index (χ0) is 12.1. The van der Waals surface area contributed by atoms with Gasteiger partial charge in [-0.2, -0.15) is 5.26 Å². The summed E-state index contributed by atoms with van der Waals surface area (Å²) in [5, 5.41) is 8.89. The number of ether oxygens (including phenoxy) is 2. The number of nitrogens with zero attached hydrogens (tertiary/aromatic N) is 1. The summed E-state index contributed by atoms with van der Waals surface area (Å²) in [6.45, 7) is 0.838. The summed E-state index contributed by atoms with van der Waals surface area (Å²) in [7, 11) is 0. The lowest BCUT2D eigenvalue weighted by Gasteiger charge is -2.00. The van der Waals surface area contributed by atoms with Crippen LogP contribution in [0.3, 0.4) is 0 Å². The van der Waals surface area contributed by atoms with Crippen LogP contribution in [0.25, 0.3) is 6.08 Å². The minimum atomic E-state index is -0.605. The molecule has 0 aliphatic carbocycles. The second-order valence-corrected chi connectivity index (χ2v) is 3.63. The second kappa shape index (κ2) is 5.28. The van der Waals surface area contributed by atoms with E-state index in [0.717, 1.165) is 5.56 Å². The smallest absolute Gasteiger partial charge is 0.348 e. The quantitative estimate of drug-likeness (QED) is 0.340. The van der Waals surface area contributed by atoms with E-state index < -0.39 is 5.97 Å². The lowest BCUT2D eigenvalue weighted by atomic mass is 10.1. The average molecular weight is 229 g/mol. The summed E-state index contributed by atoms with van der Waals surface area (Å²) >= 11 is 0. The molecule has 0 aromatic heterocycles. The molecule has 4 heteroatoms. The molecule has 1 unspecified atom stereocenters. The molecule has 1 atom stereocenters. The van der Waals surface area contributed by atoms with E-state index in [0.29, 0.717) is 6.61 Å². The van der Waals surface area contributed by atoms with Gasteiger partial charge >= 0.3 is 5.97 Å². The van der Waals surface area contributed by atoms with Crippen LogP contribution < -0.4 is 0 Å². The highest BCUT2D eigenvalue weighted by atomic mass is 16.6. The molecule has 1 heterocycles. The molecule has 0 bridgehead atoms. The summed E-state index contributed by atoms with van der Waals surface area (Å²) in [6, 6.07) is 11.0. The van der Waals surface area contributed by atoms with E-state index in [9.17, 15) is 4.79 Å². The van der Waals surface area contributed by atoms with Gasteiger partial charge in [0.25, 0.3) is 0 Å². The van der Waals surface area contributed by atoms with Crippen molar-refractivity contribution in [2.75, 3.05) is 13.2 Å². The Morgan fingerprint density at radius 3 is 2.82 bits per heavy atom. The Kier molecular flexibility index (Phi) is 3.53. The number of hydrogen-bond donors (Lipinski definition) is 0. The van der Waals surface area contributed by atoms with Crippen LogP contribution in [-0.4, -0.2) is 25.3 Å². The second-order valence-electron chi connectivity index (χ2n) is 3.63. The van der Waals surface area contributed by atoms with Crippen molar-refractivity contribution in [3.63, 3.8) is 0 Å². The average Bonchev–Trinajstić information content (AvgIpc) is 3.18. The SMILES string of the molecule is N#C/C(=C\c1ccccc1)C(=O)OCC1CO1. The first-order valence-corrected chi connectivity index (χ1v) is 5.25. The number of rotatable bonds is 4. The van der Waals surface area contributed by atoms with Crippen molar-refractivity contribution in [3.8, 4) is 6.07 Å². The van der Waals surface area contributed by atoms with Crippen LogP contribution in [0.2, 0.25) is 0 Å². The van der Waals surface area contributed by atoms with Gasteiger partial charge in [-0.15, -0.1) is 0 Å². The predicted octanol–water partition coefficient (Wildman–Crippen LogP) is 1.54. The van der Waals surface area contributed by atoms with E-state index >= 15 is 0 Å². The van der Waals surface area contributed by atoms with Gasteiger partial charge in [-0.05, 0) is 11.6 Å². The highest BCUT2D eigenvalue weighted by Crippen LogP contribution is 2.11. The molecule has 1 aromatic rings. The van der Waals surface area contributed by atoms with E-state index in [4.69, 9.17) is 14.7 Å². The molecule has 2 rings (SSSR count). The zero-order valence-electron chi connectivity index (χ0n) is 9.13. The minimum absolute atomic E-state index is 0.00292. The highest BCUT2D eigenvalue weighted by Gasteiger charge is 2.25. The first-order valence-electron chi connectivity index (χ1n) is 5.25. The van der Waals surface area contributed by atoms with Crippen LogP contribution in [-0.2, 0) is 14.3 Å². The molecule has 86 valence electrons. The molecule has 17 heavy (non-hydrogen) atoms. The highest BCUT2D eigenvalue weighted by molar-refractivity contribution is 5.97. The van der Waals surface area contributed by atoms with Crippen molar-refractivity contribution in [2.45, 2.75) is 6.10 Å². The van der Waals surface area contributed by atoms with Crippen LogP contribution in [0.1, 0.15) is 5.56 Å². The molecule has 1 fully saturated rings. The van der Waals surface area contributed by atoms with Crippen LogP contribution >= 0.6 is 0 Å². The fourth-order valence-electron chi connectivity index (χ4n) is 1.26. The van der Waals surface area contributed by atoms with Crippen molar-refractivity contribution in [3.05, 3.63) is 41.5 Å². The van der Waals surface area contributed by atoms with Crippen LogP contribution in [0.5, 0.6) is 0 Å². The lowest BCUT2D eigenvalue weighted by molar-refractivity contribution is -0.138. The molecule has 0 saturated carbocycles. The molecule has 1 aliphatic rings. The van der Waals surface area contributed by atoms with Crippen LogP contribution in [0.4, 0.5) is 0 Å². The van der Waals surface area contributed by atoms with E-state index in [2.05, 4.69) is 0 Å². The molecule has 0 spiro atoms. The van der Waals surface area contributed by atoms with E-state index in [1.54, 1.807) is 0 Å².